The second-order valence-corrected chi connectivity index (χ2v) is 24.0. The molecule has 7 amide bonds. The lowest BCUT2D eigenvalue weighted by Crippen LogP contribution is -2.61. The summed E-state index contributed by atoms with van der Waals surface area (Å²) in [6.07, 6.45) is -5.52. The molecule has 0 aromatic carbocycles. The number of rotatable bonds is 32. The third-order valence-corrected chi connectivity index (χ3v) is 16.1. The molecule has 20 N–H and O–H groups in total. The zero-order chi connectivity index (χ0) is 61.4. The number of carbonyl (C=O) groups is 7. The molecule has 0 aliphatic carbocycles. The average Bonchev–Trinajstić information content (AvgIpc) is 4.38. The van der Waals surface area contributed by atoms with Gasteiger partial charge in [0, 0.05) is 62.3 Å². The van der Waals surface area contributed by atoms with Crippen LogP contribution in [0.25, 0.3) is 10.7 Å². The number of nitrogens with two attached hydrogens (primary N) is 4. The van der Waals surface area contributed by atoms with Crippen molar-refractivity contribution in [2.45, 2.75) is 126 Å². The zero-order valence-electron chi connectivity index (χ0n) is 46.6. The number of carbonyl (C=O) groups excluding carboxylic acids is 7. The molecule has 34 heteroatoms. The fourth-order valence-electron chi connectivity index (χ4n) is 8.31. The van der Waals surface area contributed by atoms with E-state index in [0.717, 1.165) is 19.3 Å². The molecule has 1 fully saturated rings. The van der Waals surface area contributed by atoms with Crippen LogP contribution in [0.3, 0.4) is 0 Å². The Morgan fingerprint density at radius 1 is 0.892 bits per heavy atom. The van der Waals surface area contributed by atoms with Crippen LogP contribution in [0.15, 0.2) is 23.3 Å². The third-order valence-electron chi connectivity index (χ3n) is 13.2. The average molecular weight is 1220 g/mol. The lowest BCUT2D eigenvalue weighted by Gasteiger charge is -2.43. The Bertz CT molecular complexity index is 2830. The van der Waals surface area contributed by atoms with Gasteiger partial charge in [0.25, 0.3) is 11.8 Å². The Balaban J connectivity index is 1.33. The molecule has 31 nitrogen and oxygen atoms in total. The summed E-state index contributed by atoms with van der Waals surface area (Å²) in [6.45, 7) is 4.77. The summed E-state index contributed by atoms with van der Waals surface area (Å²) >= 11 is 2.58. The lowest BCUT2D eigenvalue weighted by molar-refractivity contribution is -0.318. The topological polar surface area (TPSA) is 505 Å². The summed E-state index contributed by atoms with van der Waals surface area (Å²) in [5.74, 6) is -6.81. The highest BCUT2D eigenvalue weighted by molar-refractivity contribution is 7.95. The molecule has 4 aromatic heterocycles. The summed E-state index contributed by atoms with van der Waals surface area (Å²) in [5.41, 5.74) is 23.2. The number of nitrogen functional groups attached to an aromatic ring is 1. The molecule has 0 unspecified atom stereocenters. The number of nitrogens with zero attached hydrogens (tertiary/aromatic N) is 5. The van der Waals surface area contributed by atoms with Gasteiger partial charge in [-0.15, -0.1) is 22.7 Å². The molecule has 5 heterocycles. The molecule has 83 heavy (non-hydrogen) atoms. The Labute approximate surface area is 488 Å². The smallest absolute Gasteiger partial charge is 0.271 e. The van der Waals surface area contributed by atoms with E-state index >= 15 is 0 Å². The maximum atomic E-state index is 14.8. The minimum absolute atomic E-state index is 0.0134. The van der Waals surface area contributed by atoms with E-state index < -0.39 is 139 Å². The van der Waals surface area contributed by atoms with E-state index in [9.17, 15) is 59.1 Å². The molecule has 458 valence electrons. The van der Waals surface area contributed by atoms with Gasteiger partial charge in [0.15, 0.2) is 6.29 Å². The van der Waals surface area contributed by atoms with Crippen molar-refractivity contribution in [3.63, 3.8) is 0 Å². The Morgan fingerprint density at radius 3 is 2.24 bits per heavy atom. The van der Waals surface area contributed by atoms with Crippen LogP contribution in [0.1, 0.15) is 88.8 Å². The number of aliphatic hydroxyl groups excluding tert-OH is 5. The number of nitrogens with one attached hydrogen (secondary N) is 7. The van der Waals surface area contributed by atoms with E-state index in [4.69, 9.17) is 37.1 Å². The minimum Gasteiger partial charge on any atom is -0.394 e. The van der Waals surface area contributed by atoms with Crippen LogP contribution in [0.4, 0.5) is 5.82 Å². The fourth-order valence-corrected chi connectivity index (χ4v) is 10.6. The number of imidazole rings is 1. The molecule has 0 saturated carbocycles. The normalized spacial score (nSPS) is 20.4. The Hall–Kier alpha value is -6.41. The second-order valence-electron chi connectivity index (χ2n) is 19.8. The van der Waals surface area contributed by atoms with E-state index in [0.29, 0.717) is 22.3 Å². The summed E-state index contributed by atoms with van der Waals surface area (Å²) < 4.78 is 17.5. The van der Waals surface area contributed by atoms with Crippen LogP contribution in [-0.2, 0) is 55.5 Å². The molecule has 1 aliphatic rings. The van der Waals surface area contributed by atoms with Gasteiger partial charge in [-0.2, -0.15) is 0 Å². The molecule has 1 aliphatic heterocycles. The SMILES string of the molecule is CO[C@@H]1[C@H](O[C@@H](c2cnc[nH]2)[C@H](NC(=O)c2nc([C@H](CC(N)=O)NC[C@H](N)C(N)=O)nc(N)c2C)C(=O)N[C@H](C)[C@@H](O)[C@H](C)C(=O)N[C@H](C(=O)NCCc2nc(-c3nc(C(=O)NCCC[S+](C)C)cs3)cs2)[C@@H](C)O)O[C@@H](CO)[C@@H](O)[C@@H]1O. The zero-order valence-corrected chi connectivity index (χ0v) is 49.1. The largest absolute Gasteiger partial charge is 0.394 e. The number of ether oxygens (including phenoxy) is 3. The molecule has 1 saturated heterocycles. The maximum absolute atomic E-state index is 14.8. The number of aromatic amines is 1. The highest BCUT2D eigenvalue weighted by Gasteiger charge is 2.48. The van der Waals surface area contributed by atoms with E-state index in [1.807, 2.05) is 0 Å². The number of primary amides is 2. The van der Waals surface area contributed by atoms with Crippen molar-refractivity contribution < 1.29 is 73.3 Å². The molecule has 14 atom stereocenters. The Morgan fingerprint density at radius 2 is 1.61 bits per heavy atom. The number of H-pyrrole nitrogens is 1. The fraction of sp³-hybridized carbons (Fsp3) is 0.592. The van der Waals surface area contributed by atoms with Crippen molar-refractivity contribution >= 4 is 80.7 Å². The summed E-state index contributed by atoms with van der Waals surface area (Å²) in [5, 5.41) is 74.6. The molecule has 0 spiro atoms. The maximum Gasteiger partial charge on any atom is 0.271 e. The van der Waals surface area contributed by atoms with Crippen molar-refractivity contribution in [2.75, 3.05) is 57.3 Å². The van der Waals surface area contributed by atoms with Gasteiger partial charge < -0.3 is 99.6 Å². The number of thiazole rings is 2. The number of methoxy groups -OCH3 is 1. The van der Waals surface area contributed by atoms with Crippen LogP contribution < -0.4 is 54.8 Å². The first-order chi connectivity index (χ1) is 39.3. The van der Waals surface area contributed by atoms with Crippen molar-refractivity contribution in [1.82, 2.24) is 61.8 Å². The molecule has 0 bridgehead atoms. The standard InChI is InChI=1S/C49H74N16O15S3/c1-20-32(62-42(65-40(20)52)25(13-30(51)68)57-14-24(50)41(53)72)46(76)64-34(38(26-15-54-19-58-26)80-49-39(78-5)37(71)36(70)29(16-66)79-49)47(77)59-22(3)35(69)21(2)43(73)63-33(23(4)67)45(75)56-11-9-31-60-28(18-81-31)48-61-27(17-82-48)44(74)55-10-8-12-83(6)7/h15,17-19,21-25,29,33-39,49,57,66-67,69-71H,8-14,16,50H2,1-7H3,(H11-,51,52,53,54,55,56,58,59,62,63,64,65,68,72,73,74,75,76,77)/p+1/t21-,22+,23+,24-,25-,29-,33-,34-,35-,36+,37-,38-,39-,49-/m0/s1. The number of hydrogen-bond donors (Lipinski definition) is 16. The van der Waals surface area contributed by atoms with Crippen LogP contribution in [-0.4, -0.2) is 215 Å². The summed E-state index contributed by atoms with van der Waals surface area (Å²) in [7, 11) is 1.44. The quantitative estimate of drug-likeness (QED) is 0.0161. The summed E-state index contributed by atoms with van der Waals surface area (Å²) in [6, 6.07) is -7.22. The molecule has 5 rings (SSSR count). The van der Waals surface area contributed by atoms with Crippen molar-refractivity contribution in [3.05, 3.63) is 56.8 Å². The molecular weight excluding hydrogens is 1150 g/mol. The van der Waals surface area contributed by atoms with Crippen molar-refractivity contribution in [1.29, 1.82) is 0 Å². The molecule has 0 radical (unpaired) electrons. The van der Waals surface area contributed by atoms with Crippen LogP contribution in [0.5, 0.6) is 0 Å². The van der Waals surface area contributed by atoms with E-state index in [1.54, 1.807) is 10.8 Å². The Kier molecular flexibility index (Phi) is 25.6. The first-order valence-corrected chi connectivity index (χ1v) is 30.0. The third kappa shape index (κ3) is 18.5. The van der Waals surface area contributed by atoms with E-state index in [2.05, 4.69) is 74.3 Å². The number of aromatic nitrogens is 6. The summed E-state index contributed by atoms with van der Waals surface area (Å²) in [4.78, 5) is 118. The minimum atomic E-state index is -1.94. The number of anilines is 1. The first-order valence-electron chi connectivity index (χ1n) is 26.0. The predicted octanol–water partition coefficient (Wildman–Crippen LogP) is -4.98. The van der Waals surface area contributed by atoms with Crippen LogP contribution >= 0.6 is 22.7 Å². The number of amides is 7. The van der Waals surface area contributed by atoms with E-state index in [-0.39, 0.29) is 64.9 Å². The van der Waals surface area contributed by atoms with Gasteiger partial charge >= 0.3 is 0 Å². The number of hydrogen-bond acceptors (Lipinski definition) is 25. The van der Waals surface area contributed by atoms with Gasteiger partial charge in [0.1, 0.15) is 82.1 Å². The van der Waals surface area contributed by atoms with E-state index in [1.165, 1.54) is 62.9 Å². The van der Waals surface area contributed by atoms with Gasteiger partial charge in [-0.1, -0.05) is 6.92 Å². The van der Waals surface area contributed by atoms with Gasteiger partial charge in [-0.25, -0.2) is 24.9 Å². The first kappa shape index (κ1) is 67.4. The van der Waals surface area contributed by atoms with Crippen molar-refractivity contribution in [2.24, 2.45) is 23.1 Å². The van der Waals surface area contributed by atoms with Crippen LogP contribution in [0.2, 0.25) is 0 Å². The van der Waals surface area contributed by atoms with Gasteiger partial charge in [0.2, 0.25) is 29.5 Å². The second kappa shape index (κ2) is 31.5. The number of aliphatic hydroxyl groups is 5. The highest BCUT2D eigenvalue weighted by Crippen LogP contribution is 2.31. The monoisotopic (exact) mass is 1220 g/mol. The van der Waals surface area contributed by atoms with Gasteiger partial charge in [-0.3, -0.25) is 33.6 Å². The van der Waals surface area contributed by atoms with Crippen molar-refractivity contribution in [3.8, 4) is 10.7 Å². The molecular formula is C49H75N16O15S3+. The van der Waals surface area contributed by atoms with Gasteiger partial charge in [0.05, 0.1) is 78.6 Å². The predicted molar refractivity (Wildman–Crippen MR) is 302 cm³/mol. The highest BCUT2D eigenvalue weighted by atomic mass is 32.2. The van der Waals surface area contributed by atoms with Crippen LogP contribution in [0, 0.1) is 12.8 Å². The lowest BCUT2D eigenvalue weighted by atomic mass is 9.96. The molecule has 4 aromatic rings. The van der Waals surface area contributed by atoms with Gasteiger partial charge in [-0.05, 0) is 31.7 Å².